The molecule has 0 saturated heterocycles. The number of benzene rings is 2. The van der Waals surface area contributed by atoms with Gasteiger partial charge in [-0.25, -0.2) is 9.82 Å². The Hall–Kier alpha value is -3.46. The Morgan fingerprint density at radius 3 is 2.92 bits per heavy atom. The zero-order chi connectivity index (χ0) is 16.9. The number of hydrazone groups is 1. The second-order valence-electron chi connectivity index (χ2n) is 5.10. The Labute approximate surface area is 137 Å². The Morgan fingerprint density at radius 1 is 1.29 bits per heavy atom. The molecule has 0 fully saturated rings. The summed E-state index contributed by atoms with van der Waals surface area (Å²) in [6.07, 6.45) is 3.30. The van der Waals surface area contributed by atoms with E-state index >= 15 is 0 Å². The molecule has 1 amide bonds. The van der Waals surface area contributed by atoms with Gasteiger partial charge >= 0.3 is 0 Å². The lowest BCUT2D eigenvalue weighted by molar-refractivity contribution is 0.0954. The van der Waals surface area contributed by atoms with Crippen molar-refractivity contribution in [1.29, 1.82) is 5.26 Å². The van der Waals surface area contributed by atoms with Gasteiger partial charge in [-0.1, -0.05) is 24.3 Å². The van der Waals surface area contributed by atoms with E-state index in [0.29, 0.717) is 0 Å². The number of aromatic nitrogens is 1. The van der Waals surface area contributed by atoms with E-state index in [4.69, 9.17) is 5.26 Å². The summed E-state index contributed by atoms with van der Waals surface area (Å²) in [7, 11) is 0. The lowest BCUT2D eigenvalue weighted by atomic mass is 10.2. The molecule has 5 nitrogen and oxygen atoms in total. The van der Waals surface area contributed by atoms with Gasteiger partial charge in [-0.15, -0.1) is 0 Å². The minimum absolute atomic E-state index is 0.194. The van der Waals surface area contributed by atoms with Crippen molar-refractivity contribution >= 4 is 23.0 Å². The molecular formula is C18H13FN4O. The van der Waals surface area contributed by atoms with Crippen LogP contribution in [0.25, 0.3) is 10.9 Å². The third-order valence-electron chi connectivity index (χ3n) is 3.52. The van der Waals surface area contributed by atoms with Crippen molar-refractivity contribution in [2.75, 3.05) is 0 Å². The van der Waals surface area contributed by atoms with Crippen LogP contribution in [0, 0.1) is 17.1 Å². The van der Waals surface area contributed by atoms with Crippen molar-refractivity contribution < 1.29 is 9.18 Å². The molecule has 0 aliphatic rings. The predicted molar refractivity (Wildman–Crippen MR) is 89.0 cm³/mol. The standard InChI is InChI=1S/C18H13FN4O/c19-15-5-3-4-13(10-15)18(24)22-21-11-14-12-23(9-8-20)17-7-2-1-6-16(14)17/h1-7,10-12H,9H2,(H,22,24). The molecule has 0 atom stereocenters. The molecule has 3 rings (SSSR count). The first kappa shape index (κ1) is 15.4. The van der Waals surface area contributed by atoms with Gasteiger partial charge in [-0.3, -0.25) is 4.79 Å². The highest BCUT2D eigenvalue weighted by atomic mass is 19.1. The minimum Gasteiger partial charge on any atom is -0.333 e. The minimum atomic E-state index is -0.494. The number of nitriles is 1. The van der Waals surface area contributed by atoms with Crippen LogP contribution in [0.5, 0.6) is 0 Å². The van der Waals surface area contributed by atoms with Crippen LogP contribution in [0.3, 0.4) is 0 Å². The summed E-state index contributed by atoms with van der Waals surface area (Å²) >= 11 is 0. The Morgan fingerprint density at radius 2 is 2.12 bits per heavy atom. The van der Waals surface area contributed by atoms with Crippen molar-refractivity contribution in [3.05, 3.63) is 71.7 Å². The molecule has 1 aromatic heterocycles. The van der Waals surface area contributed by atoms with Crippen LogP contribution in [0.2, 0.25) is 0 Å². The molecule has 0 bridgehead atoms. The fourth-order valence-electron chi connectivity index (χ4n) is 2.44. The number of rotatable bonds is 4. The number of carbonyl (C=O) groups is 1. The van der Waals surface area contributed by atoms with E-state index in [2.05, 4.69) is 16.6 Å². The quantitative estimate of drug-likeness (QED) is 0.593. The van der Waals surface area contributed by atoms with Crippen molar-refractivity contribution in [3.8, 4) is 6.07 Å². The molecule has 6 heteroatoms. The number of hydrogen-bond acceptors (Lipinski definition) is 3. The van der Waals surface area contributed by atoms with Gasteiger partial charge in [0.05, 0.1) is 12.3 Å². The van der Waals surface area contributed by atoms with Crippen LogP contribution in [-0.2, 0) is 6.54 Å². The fraction of sp³-hybridized carbons (Fsp3) is 0.0556. The lowest BCUT2D eigenvalue weighted by Gasteiger charge is -1.99. The Bertz CT molecular complexity index is 969. The number of nitrogens with zero attached hydrogens (tertiary/aromatic N) is 3. The smallest absolute Gasteiger partial charge is 0.271 e. The molecule has 0 spiro atoms. The van der Waals surface area contributed by atoms with Gasteiger partial charge in [-0.2, -0.15) is 10.4 Å². The molecule has 0 radical (unpaired) electrons. The second kappa shape index (κ2) is 6.75. The normalized spacial score (nSPS) is 10.8. The summed E-state index contributed by atoms with van der Waals surface area (Å²) < 4.78 is 14.9. The van der Waals surface area contributed by atoms with Gasteiger partial charge < -0.3 is 4.57 Å². The largest absolute Gasteiger partial charge is 0.333 e. The monoisotopic (exact) mass is 320 g/mol. The summed E-state index contributed by atoms with van der Waals surface area (Å²) in [5.74, 6) is -0.974. The lowest BCUT2D eigenvalue weighted by Crippen LogP contribution is -2.17. The molecule has 1 N–H and O–H groups in total. The predicted octanol–water partition coefficient (Wildman–Crippen LogP) is 3.07. The van der Waals surface area contributed by atoms with Gasteiger partial charge in [0.25, 0.3) is 5.91 Å². The molecule has 0 saturated carbocycles. The first-order valence-corrected chi connectivity index (χ1v) is 7.23. The van der Waals surface area contributed by atoms with Crippen LogP contribution in [0.15, 0.2) is 59.8 Å². The van der Waals surface area contributed by atoms with Crippen molar-refractivity contribution in [2.45, 2.75) is 6.54 Å². The van der Waals surface area contributed by atoms with Gasteiger partial charge in [0.2, 0.25) is 0 Å². The third kappa shape index (κ3) is 3.15. The van der Waals surface area contributed by atoms with Crippen molar-refractivity contribution in [1.82, 2.24) is 9.99 Å². The molecule has 1 heterocycles. The van der Waals surface area contributed by atoms with E-state index in [1.54, 1.807) is 6.20 Å². The number of para-hydroxylation sites is 1. The van der Waals surface area contributed by atoms with Crippen LogP contribution < -0.4 is 5.43 Å². The van der Waals surface area contributed by atoms with Crippen LogP contribution in [0.4, 0.5) is 4.39 Å². The Balaban J connectivity index is 1.81. The SMILES string of the molecule is N#CCn1cc(C=NNC(=O)c2cccc(F)c2)c2ccccc21. The number of fused-ring (bicyclic) bond motifs is 1. The average Bonchev–Trinajstić information content (AvgIpc) is 2.93. The maximum atomic E-state index is 13.1. The molecule has 0 unspecified atom stereocenters. The summed E-state index contributed by atoms with van der Waals surface area (Å²) in [6.45, 7) is 0.226. The molecule has 3 aromatic rings. The van der Waals surface area contributed by atoms with E-state index in [9.17, 15) is 9.18 Å². The molecular weight excluding hydrogens is 307 g/mol. The van der Waals surface area contributed by atoms with Crippen molar-refractivity contribution in [2.24, 2.45) is 5.10 Å². The topological polar surface area (TPSA) is 70.2 Å². The number of halogens is 1. The zero-order valence-corrected chi connectivity index (χ0v) is 12.6. The molecule has 0 aliphatic heterocycles. The van der Waals surface area contributed by atoms with Crippen LogP contribution >= 0.6 is 0 Å². The highest BCUT2D eigenvalue weighted by Crippen LogP contribution is 2.19. The highest BCUT2D eigenvalue weighted by Gasteiger charge is 2.07. The Kier molecular flexibility index (Phi) is 4.34. The first-order valence-electron chi connectivity index (χ1n) is 7.23. The molecule has 0 aliphatic carbocycles. The van der Waals surface area contributed by atoms with Gasteiger partial charge in [-0.05, 0) is 24.3 Å². The van der Waals surface area contributed by atoms with Crippen LogP contribution in [-0.4, -0.2) is 16.7 Å². The average molecular weight is 320 g/mol. The maximum absolute atomic E-state index is 13.1. The number of amides is 1. The van der Waals surface area contributed by atoms with Crippen molar-refractivity contribution in [3.63, 3.8) is 0 Å². The molecule has 118 valence electrons. The van der Waals surface area contributed by atoms with E-state index in [1.807, 2.05) is 28.8 Å². The van der Waals surface area contributed by atoms with Crippen LogP contribution in [0.1, 0.15) is 15.9 Å². The summed E-state index contributed by atoms with van der Waals surface area (Å²) in [5.41, 5.74) is 4.26. The third-order valence-corrected chi connectivity index (χ3v) is 3.52. The van der Waals surface area contributed by atoms with E-state index in [1.165, 1.54) is 24.4 Å². The number of carbonyl (C=O) groups excluding carboxylic acids is 1. The fourth-order valence-corrected chi connectivity index (χ4v) is 2.44. The van der Waals surface area contributed by atoms with E-state index in [-0.39, 0.29) is 12.1 Å². The number of nitrogens with one attached hydrogen (secondary N) is 1. The second-order valence-corrected chi connectivity index (χ2v) is 5.10. The van der Waals surface area contributed by atoms with E-state index < -0.39 is 11.7 Å². The van der Waals surface area contributed by atoms with E-state index in [0.717, 1.165) is 22.5 Å². The zero-order valence-electron chi connectivity index (χ0n) is 12.6. The van der Waals surface area contributed by atoms with Gasteiger partial charge in [0, 0.05) is 28.2 Å². The number of hydrogen-bond donors (Lipinski definition) is 1. The van der Waals surface area contributed by atoms with Gasteiger partial charge in [0.1, 0.15) is 12.4 Å². The summed E-state index contributed by atoms with van der Waals surface area (Å²) in [5, 5.41) is 13.7. The maximum Gasteiger partial charge on any atom is 0.271 e. The summed E-state index contributed by atoms with van der Waals surface area (Å²) in [4.78, 5) is 11.9. The first-order chi connectivity index (χ1) is 11.7. The molecule has 24 heavy (non-hydrogen) atoms. The summed E-state index contributed by atoms with van der Waals surface area (Å²) in [6, 6.07) is 15.1. The highest BCUT2D eigenvalue weighted by molar-refractivity contribution is 6.00. The van der Waals surface area contributed by atoms with Gasteiger partial charge in [0.15, 0.2) is 0 Å². The molecule has 2 aromatic carbocycles.